The molecule has 30 heavy (non-hydrogen) atoms. The minimum absolute atomic E-state index is 0.159. The van der Waals surface area contributed by atoms with E-state index in [2.05, 4.69) is 10.6 Å². The van der Waals surface area contributed by atoms with Crippen molar-refractivity contribution in [1.82, 2.24) is 5.32 Å². The summed E-state index contributed by atoms with van der Waals surface area (Å²) in [6, 6.07) is 23.7. The maximum Gasteiger partial charge on any atom is 0.261 e. The number of carbonyl (C=O) groups excluding carboxylic acids is 1. The molecule has 0 heterocycles. The summed E-state index contributed by atoms with van der Waals surface area (Å²) in [6.45, 7) is 0.650. The molecule has 2 N–H and O–H groups in total. The molecule has 0 atom stereocenters. The van der Waals surface area contributed by atoms with E-state index in [1.54, 1.807) is 43.5 Å². The third-order valence-electron chi connectivity index (χ3n) is 4.07. The predicted octanol–water partition coefficient (Wildman–Crippen LogP) is 4.28. The lowest BCUT2D eigenvalue weighted by Gasteiger charge is -2.14. The average molecular weight is 423 g/mol. The highest BCUT2D eigenvalue weighted by Crippen LogP contribution is 2.23. The Labute approximate surface area is 180 Å². The highest BCUT2D eigenvalue weighted by molar-refractivity contribution is 7.80. The van der Waals surface area contributed by atoms with E-state index >= 15 is 0 Å². The zero-order valence-electron chi connectivity index (χ0n) is 16.5. The fourth-order valence-electron chi connectivity index (χ4n) is 2.68. The van der Waals surface area contributed by atoms with Crippen LogP contribution >= 0.6 is 12.2 Å². The van der Waals surface area contributed by atoms with Gasteiger partial charge in [0, 0.05) is 0 Å². The number of para-hydroxylation sites is 4. The molecule has 6 nitrogen and oxygen atoms in total. The van der Waals surface area contributed by atoms with Gasteiger partial charge in [-0.25, -0.2) is 0 Å². The Hall–Kier alpha value is -3.58. The lowest BCUT2D eigenvalue weighted by Crippen LogP contribution is -2.34. The number of ether oxygens (including phenoxy) is 3. The van der Waals surface area contributed by atoms with Crippen molar-refractivity contribution >= 4 is 28.9 Å². The fraction of sp³-hybridized carbons (Fsp3) is 0.130. The predicted molar refractivity (Wildman–Crippen MR) is 121 cm³/mol. The summed E-state index contributed by atoms with van der Waals surface area (Å²) in [5.41, 5.74) is 1.04. The van der Waals surface area contributed by atoms with Crippen molar-refractivity contribution in [2.75, 3.05) is 25.6 Å². The van der Waals surface area contributed by atoms with Gasteiger partial charge in [-0.05, 0) is 48.6 Å². The molecule has 3 rings (SSSR count). The van der Waals surface area contributed by atoms with Crippen LogP contribution in [0.15, 0.2) is 78.9 Å². The van der Waals surface area contributed by atoms with Crippen LogP contribution in [0.1, 0.15) is 10.4 Å². The van der Waals surface area contributed by atoms with Gasteiger partial charge in [-0.1, -0.05) is 42.5 Å². The molecule has 0 radical (unpaired) electrons. The first kappa shape index (κ1) is 21.1. The van der Waals surface area contributed by atoms with Gasteiger partial charge in [0.1, 0.15) is 30.5 Å². The zero-order chi connectivity index (χ0) is 21.2. The van der Waals surface area contributed by atoms with E-state index in [1.165, 1.54) is 0 Å². The highest BCUT2D eigenvalue weighted by atomic mass is 32.1. The Morgan fingerprint density at radius 1 is 0.833 bits per heavy atom. The quantitative estimate of drug-likeness (QED) is 0.417. The molecule has 3 aromatic carbocycles. The maximum absolute atomic E-state index is 12.7. The molecule has 1 amide bonds. The van der Waals surface area contributed by atoms with Gasteiger partial charge in [0.15, 0.2) is 5.11 Å². The molecule has 0 aromatic heterocycles. The normalized spacial score (nSPS) is 10.0. The van der Waals surface area contributed by atoms with E-state index < -0.39 is 0 Å². The van der Waals surface area contributed by atoms with Crippen molar-refractivity contribution in [3.05, 3.63) is 84.4 Å². The Morgan fingerprint density at radius 3 is 2.23 bits per heavy atom. The van der Waals surface area contributed by atoms with Gasteiger partial charge in [0.05, 0.1) is 18.4 Å². The lowest BCUT2D eigenvalue weighted by atomic mass is 10.2. The van der Waals surface area contributed by atoms with Crippen molar-refractivity contribution in [1.29, 1.82) is 0 Å². The van der Waals surface area contributed by atoms with Gasteiger partial charge in [-0.3, -0.25) is 10.1 Å². The van der Waals surface area contributed by atoms with E-state index in [4.69, 9.17) is 26.4 Å². The molecule has 0 spiro atoms. The standard InChI is InChI=1S/C23H22N2O4S/c1-27-21-14-8-6-12-19(21)24-23(30)25-22(26)18-11-5-7-13-20(18)29-16-15-28-17-9-3-2-4-10-17/h2-14H,15-16H2,1H3,(H2,24,25,26,30). The van der Waals surface area contributed by atoms with E-state index in [0.29, 0.717) is 36.0 Å². The van der Waals surface area contributed by atoms with Crippen molar-refractivity contribution in [2.45, 2.75) is 0 Å². The van der Waals surface area contributed by atoms with Crippen molar-refractivity contribution < 1.29 is 19.0 Å². The molecule has 0 saturated carbocycles. The highest BCUT2D eigenvalue weighted by Gasteiger charge is 2.14. The van der Waals surface area contributed by atoms with Crippen LogP contribution in [-0.4, -0.2) is 31.3 Å². The number of nitrogens with one attached hydrogen (secondary N) is 2. The Bertz CT molecular complexity index is 995. The van der Waals surface area contributed by atoms with Crippen LogP contribution in [0, 0.1) is 0 Å². The van der Waals surface area contributed by atoms with Gasteiger partial charge in [-0.2, -0.15) is 0 Å². The second-order valence-electron chi connectivity index (χ2n) is 6.11. The van der Waals surface area contributed by atoms with Crippen LogP contribution in [0.5, 0.6) is 17.2 Å². The molecule has 0 bridgehead atoms. The SMILES string of the molecule is COc1ccccc1NC(=S)NC(=O)c1ccccc1OCCOc1ccccc1. The lowest BCUT2D eigenvalue weighted by molar-refractivity contribution is 0.0972. The number of methoxy groups -OCH3 is 1. The molecule has 7 heteroatoms. The minimum atomic E-state index is -0.373. The van der Waals surface area contributed by atoms with E-state index in [1.807, 2.05) is 42.5 Å². The molecule has 3 aromatic rings. The van der Waals surface area contributed by atoms with Gasteiger partial charge >= 0.3 is 0 Å². The van der Waals surface area contributed by atoms with Crippen LogP contribution < -0.4 is 24.8 Å². The van der Waals surface area contributed by atoms with Crippen molar-refractivity contribution in [3.63, 3.8) is 0 Å². The van der Waals surface area contributed by atoms with Crippen LogP contribution in [0.2, 0.25) is 0 Å². The molecule has 0 saturated heterocycles. The summed E-state index contributed by atoms with van der Waals surface area (Å²) in [4.78, 5) is 12.7. The smallest absolute Gasteiger partial charge is 0.261 e. The molecular formula is C23H22N2O4S. The third kappa shape index (κ3) is 5.96. The van der Waals surface area contributed by atoms with Crippen molar-refractivity contribution in [2.24, 2.45) is 0 Å². The topological polar surface area (TPSA) is 68.8 Å². The Kier molecular flexibility index (Phi) is 7.63. The monoisotopic (exact) mass is 422 g/mol. The molecule has 0 aliphatic heterocycles. The van der Waals surface area contributed by atoms with Crippen molar-refractivity contribution in [3.8, 4) is 17.2 Å². The van der Waals surface area contributed by atoms with Crippen LogP contribution in [0.4, 0.5) is 5.69 Å². The average Bonchev–Trinajstić information content (AvgIpc) is 2.78. The molecule has 0 unspecified atom stereocenters. The largest absolute Gasteiger partial charge is 0.495 e. The fourth-order valence-corrected chi connectivity index (χ4v) is 2.88. The number of benzene rings is 3. The first-order chi connectivity index (χ1) is 14.7. The molecule has 0 aliphatic carbocycles. The van der Waals surface area contributed by atoms with Gasteiger partial charge < -0.3 is 19.5 Å². The number of amides is 1. The zero-order valence-corrected chi connectivity index (χ0v) is 17.3. The third-order valence-corrected chi connectivity index (χ3v) is 4.27. The second-order valence-corrected chi connectivity index (χ2v) is 6.52. The molecule has 154 valence electrons. The number of thiocarbonyl (C=S) groups is 1. The van der Waals surface area contributed by atoms with E-state index in [9.17, 15) is 4.79 Å². The number of hydrogen-bond acceptors (Lipinski definition) is 5. The molecule has 0 aliphatic rings. The summed E-state index contributed by atoms with van der Waals surface area (Å²) < 4.78 is 16.6. The van der Waals surface area contributed by atoms with Crippen LogP contribution in [0.25, 0.3) is 0 Å². The summed E-state index contributed by atoms with van der Waals surface area (Å²) in [5, 5.41) is 5.79. The summed E-state index contributed by atoms with van der Waals surface area (Å²) >= 11 is 5.26. The second kappa shape index (κ2) is 10.8. The molecular weight excluding hydrogens is 400 g/mol. The first-order valence-electron chi connectivity index (χ1n) is 9.32. The van der Waals surface area contributed by atoms with E-state index in [-0.39, 0.29) is 11.0 Å². The Morgan fingerprint density at radius 2 is 1.47 bits per heavy atom. The minimum Gasteiger partial charge on any atom is -0.495 e. The number of carbonyl (C=O) groups is 1. The Balaban J connectivity index is 1.56. The summed E-state index contributed by atoms with van der Waals surface area (Å²) in [6.07, 6.45) is 0. The van der Waals surface area contributed by atoms with Gasteiger partial charge in [0.25, 0.3) is 5.91 Å². The van der Waals surface area contributed by atoms with Gasteiger partial charge in [-0.15, -0.1) is 0 Å². The molecule has 0 fully saturated rings. The van der Waals surface area contributed by atoms with E-state index in [0.717, 1.165) is 5.75 Å². The number of rotatable bonds is 8. The van der Waals surface area contributed by atoms with Gasteiger partial charge in [0.2, 0.25) is 0 Å². The van der Waals surface area contributed by atoms with Crippen LogP contribution in [-0.2, 0) is 0 Å². The van der Waals surface area contributed by atoms with Crippen LogP contribution in [0.3, 0.4) is 0 Å². The number of hydrogen-bond donors (Lipinski definition) is 2. The number of anilines is 1. The first-order valence-corrected chi connectivity index (χ1v) is 9.73. The summed E-state index contributed by atoms with van der Waals surface area (Å²) in [5.74, 6) is 1.46. The summed E-state index contributed by atoms with van der Waals surface area (Å²) in [7, 11) is 1.57. The maximum atomic E-state index is 12.7.